The van der Waals surface area contributed by atoms with Gasteiger partial charge in [-0.05, 0) is 42.3 Å². The van der Waals surface area contributed by atoms with Crippen LogP contribution in [0.25, 0.3) is 10.9 Å². The molecule has 0 aliphatic rings. The van der Waals surface area contributed by atoms with Crippen LogP contribution in [0.5, 0.6) is 0 Å². The molecule has 3 N–H and O–H groups in total. The molecular weight excluding hydrogens is 335 g/mol. The number of aromatic nitrogens is 1. The standard InChI is InChI=1S/C17H14Cl2N2O2/c18-11-3-6-14-13(9-11)15(19)16(21-14)17(23)20-12-4-1-10(2-5-12)7-8-22/h1-6,9,21-22H,7-8H2,(H,20,23). The summed E-state index contributed by atoms with van der Waals surface area (Å²) >= 11 is 12.2. The highest BCUT2D eigenvalue weighted by atomic mass is 35.5. The van der Waals surface area contributed by atoms with Crippen LogP contribution in [0.15, 0.2) is 42.5 Å². The molecular formula is C17H14Cl2N2O2. The first kappa shape index (κ1) is 15.9. The van der Waals surface area contributed by atoms with Crippen LogP contribution >= 0.6 is 23.2 Å². The Bertz CT molecular complexity index is 857. The summed E-state index contributed by atoms with van der Waals surface area (Å²) < 4.78 is 0. The Morgan fingerprint density at radius 1 is 1.13 bits per heavy atom. The molecule has 3 rings (SSSR count). The number of anilines is 1. The number of aliphatic hydroxyl groups is 1. The van der Waals surface area contributed by atoms with Crippen LogP contribution in [0, 0.1) is 0 Å². The molecule has 1 heterocycles. The SMILES string of the molecule is O=C(Nc1ccc(CCO)cc1)c1[nH]c2ccc(Cl)cc2c1Cl. The van der Waals surface area contributed by atoms with Crippen molar-refractivity contribution in [2.24, 2.45) is 0 Å². The van der Waals surface area contributed by atoms with Crippen molar-refractivity contribution in [2.45, 2.75) is 6.42 Å². The van der Waals surface area contributed by atoms with Gasteiger partial charge in [0.25, 0.3) is 5.91 Å². The van der Waals surface area contributed by atoms with Crippen LogP contribution < -0.4 is 5.32 Å². The van der Waals surface area contributed by atoms with Crippen molar-refractivity contribution in [1.82, 2.24) is 4.98 Å². The van der Waals surface area contributed by atoms with Gasteiger partial charge in [0.15, 0.2) is 0 Å². The zero-order chi connectivity index (χ0) is 16.4. The second-order valence-electron chi connectivity index (χ2n) is 5.13. The van der Waals surface area contributed by atoms with Crippen molar-refractivity contribution >= 4 is 45.7 Å². The first-order valence-corrected chi connectivity index (χ1v) is 7.82. The number of aliphatic hydroxyl groups excluding tert-OH is 1. The second kappa shape index (κ2) is 6.62. The summed E-state index contributed by atoms with van der Waals surface area (Å²) in [4.78, 5) is 15.4. The summed E-state index contributed by atoms with van der Waals surface area (Å²) in [5.41, 5.74) is 2.71. The van der Waals surface area contributed by atoms with E-state index in [1.165, 1.54) is 0 Å². The Kier molecular flexibility index (Phi) is 4.57. The van der Waals surface area contributed by atoms with E-state index in [0.717, 1.165) is 11.1 Å². The molecule has 0 radical (unpaired) electrons. The summed E-state index contributed by atoms with van der Waals surface area (Å²) in [7, 11) is 0. The van der Waals surface area contributed by atoms with Gasteiger partial charge in [-0.1, -0.05) is 35.3 Å². The fourth-order valence-electron chi connectivity index (χ4n) is 2.37. The third-order valence-electron chi connectivity index (χ3n) is 3.54. The number of rotatable bonds is 4. The molecule has 23 heavy (non-hydrogen) atoms. The van der Waals surface area contributed by atoms with Gasteiger partial charge in [0.1, 0.15) is 5.69 Å². The van der Waals surface area contributed by atoms with Gasteiger partial charge in [-0.3, -0.25) is 4.79 Å². The van der Waals surface area contributed by atoms with E-state index in [4.69, 9.17) is 28.3 Å². The highest BCUT2D eigenvalue weighted by molar-refractivity contribution is 6.40. The van der Waals surface area contributed by atoms with Crippen molar-refractivity contribution in [3.05, 3.63) is 63.8 Å². The predicted molar refractivity (Wildman–Crippen MR) is 93.5 cm³/mol. The topological polar surface area (TPSA) is 65.1 Å². The van der Waals surface area contributed by atoms with Crippen molar-refractivity contribution in [1.29, 1.82) is 0 Å². The molecule has 4 nitrogen and oxygen atoms in total. The molecule has 0 bridgehead atoms. The molecule has 0 aliphatic carbocycles. The number of carbonyl (C=O) groups excluding carboxylic acids is 1. The Labute approximate surface area is 143 Å². The lowest BCUT2D eigenvalue weighted by Gasteiger charge is -2.05. The maximum Gasteiger partial charge on any atom is 0.273 e. The number of carbonyl (C=O) groups is 1. The zero-order valence-corrected chi connectivity index (χ0v) is 13.6. The van der Waals surface area contributed by atoms with Crippen LogP contribution in [0.3, 0.4) is 0 Å². The number of hydrogen-bond acceptors (Lipinski definition) is 2. The third-order valence-corrected chi connectivity index (χ3v) is 4.16. The number of halogens is 2. The van der Waals surface area contributed by atoms with E-state index in [-0.39, 0.29) is 12.5 Å². The van der Waals surface area contributed by atoms with Crippen LogP contribution in [0.1, 0.15) is 16.1 Å². The summed E-state index contributed by atoms with van der Waals surface area (Å²) in [6.45, 7) is 0.0962. The molecule has 3 aromatic rings. The van der Waals surface area contributed by atoms with E-state index in [9.17, 15) is 4.79 Å². The molecule has 0 aliphatic heterocycles. The van der Waals surface area contributed by atoms with Crippen LogP contribution in [0.2, 0.25) is 10.0 Å². The average molecular weight is 349 g/mol. The average Bonchev–Trinajstić information content (AvgIpc) is 2.86. The predicted octanol–water partition coefficient (Wildman–Crippen LogP) is 4.26. The number of H-pyrrole nitrogens is 1. The second-order valence-corrected chi connectivity index (χ2v) is 5.94. The largest absolute Gasteiger partial charge is 0.396 e. The van der Waals surface area contributed by atoms with Crippen LogP contribution in [0.4, 0.5) is 5.69 Å². The van der Waals surface area contributed by atoms with E-state index >= 15 is 0 Å². The monoisotopic (exact) mass is 348 g/mol. The van der Waals surface area contributed by atoms with Gasteiger partial charge in [0, 0.05) is 28.2 Å². The van der Waals surface area contributed by atoms with E-state index < -0.39 is 0 Å². The number of fused-ring (bicyclic) bond motifs is 1. The van der Waals surface area contributed by atoms with E-state index in [0.29, 0.717) is 33.2 Å². The quantitative estimate of drug-likeness (QED) is 0.659. The molecule has 2 aromatic carbocycles. The van der Waals surface area contributed by atoms with Crippen LogP contribution in [-0.2, 0) is 6.42 Å². The van der Waals surface area contributed by atoms with Gasteiger partial charge < -0.3 is 15.4 Å². The molecule has 0 fully saturated rings. The first-order chi connectivity index (χ1) is 11.1. The maximum absolute atomic E-state index is 12.4. The van der Waals surface area contributed by atoms with Gasteiger partial charge in [-0.2, -0.15) is 0 Å². The van der Waals surface area contributed by atoms with E-state index in [1.807, 2.05) is 12.1 Å². The number of benzene rings is 2. The molecule has 0 saturated carbocycles. The lowest BCUT2D eigenvalue weighted by Crippen LogP contribution is -2.12. The molecule has 118 valence electrons. The number of aromatic amines is 1. The van der Waals surface area contributed by atoms with Gasteiger partial charge in [0.2, 0.25) is 0 Å². The first-order valence-electron chi connectivity index (χ1n) is 7.06. The van der Waals surface area contributed by atoms with Crippen LogP contribution in [-0.4, -0.2) is 22.6 Å². The Morgan fingerprint density at radius 2 is 1.87 bits per heavy atom. The Morgan fingerprint density at radius 3 is 2.57 bits per heavy atom. The minimum absolute atomic E-state index is 0.0962. The smallest absolute Gasteiger partial charge is 0.273 e. The Hall–Kier alpha value is -2.01. The maximum atomic E-state index is 12.4. The molecule has 6 heteroatoms. The minimum Gasteiger partial charge on any atom is -0.396 e. The minimum atomic E-state index is -0.322. The molecule has 0 unspecified atom stereocenters. The van der Waals surface area contributed by atoms with E-state index in [2.05, 4.69) is 10.3 Å². The molecule has 1 amide bonds. The fourth-order valence-corrected chi connectivity index (χ4v) is 2.83. The molecule has 0 atom stereocenters. The summed E-state index contributed by atoms with van der Waals surface area (Å²) in [5, 5.41) is 13.3. The van der Waals surface area contributed by atoms with Crippen molar-refractivity contribution in [3.8, 4) is 0 Å². The van der Waals surface area contributed by atoms with Gasteiger partial charge in [0.05, 0.1) is 5.02 Å². The molecule has 1 aromatic heterocycles. The van der Waals surface area contributed by atoms with E-state index in [1.54, 1.807) is 30.3 Å². The highest BCUT2D eigenvalue weighted by Gasteiger charge is 2.16. The van der Waals surface area contributed by atoms with Crippen molar-refractivity contribution in [3.63, 3.8) is 0 Å². The summed E-state index contributed by atoms with van der Waals surface area (Å²) in [6.07, 6.45) is 0.586. The Balaban J connectivity index is 1.84. The normalized spacial score (nSPS) is 10.9. The lowest BCUT2D eigenvalue weighted by atomic mass is 10.1. The number of hydrogen-bond donors (Lipinski definition) is 3. The molecule has 0 saturated heterocycles. The third kappa shape index (κ3) is 3.34. The zero-order valence-electron chi connectivity index (χ0n) is 12.1. The van der Waals surface area contributed by atoms with Gasteiger partial charge in [-0.15, -0.1) is 0 Å². The van der Waals surface area contributed by atoms with Gasteiger partial charge >= 0.3 is 0 Å². The number of nitrogens with one attached hydrogen (secondary N) is 2. The summed E-state index contributed by atoms with van der Waals surface area (Å²) in [5.74, 6) is -0.322. The van der Waals surface area contributed by atoms with Crippen molar-refractivity contribution < 1.29 is 9.90 Å². The highest BCUT2D eigenvalue weighted by Crippen LogP contribution is 2.30. The lowest BCUT2D eigenvalue weighted by molar-refractivity contribution is 0.102. The fraction of sp³-hybridized carbons (Fsp3) is 0.118. The van der Waals surface area contributed by atoms with Gasteiger partial charge in [-0.25, -0.2) is 0 Å². The summed E-state index contributed by atoms with van der Waals surface area (Å²) in [6, 6.07) is 12.5. The number of amides is 1. The van der Waals surface area contributed by atoms with Crippen molar-refractivity contribution in [2.75, 3.05) is 11.9 Å². The molecule has 0 spiro atoms.